The molecule has 4 N–H and O–H groups in total. The van der Waals surface area contributed by atoms with Crippen molar-refractivity contribution in [3.8, 4) is 0 Å². The molecule has 0 unspecified atom stereocenters. The van der Waals surface area contributed by atoms with Crippen LogP contribution in [0.4, 0.5) is 0 Å². The number of aliphatic hydroxyl groups is 2. The summed E-state index contributed by atoms with van der Waals surface area (Å²) >= 11 is 0. The zero-order valence-electron chi connectivity index (χ0n) is 27.7. The topological polar surface area (TPSA) is 106 Å². The van der Waals surface area contributed by atoms with Crippen LogP contribution in [0.15, 0.2) is 0 Å². The number of carbonyl (C=O) groups is 2. The highest BCUT2D eigenvalue weighted by Gasteiger charge is 2.61. The minimum absolute atomic E-state index is 0. The maximum absolute atomic E-state index is 12.4. The molecule has 0 heterocycles. The van der Waals surface area contributed by atoms with Gasteiger partial charge in [-0.2, -0.15) is 0 Å². The van der Waals surface area contributed by atoms with Crippen molar-refractivity contribution < 1.29 is 25.3 Å². The summed E-state index contributed by atoms with van der Waals surface area (Å²) in [5.74, 6) is 7.07. The Morgan fingerprint density at radius 2 is 0.907 bits per heavy atom. The number of aliphatic hydroxyl groups excluding tert-OH is 2. The smallest absolute Gasteiger partial charge is 0.139 e. The standard InChI is InChI=1S/2C19H30O2.H2O/c2*1-18-9-7-13(20)11-12(18)3-4-14-15-5-6-17(21)19(15,2)10-8-16(14)18;/h2*12-16,20H,3-11H2,1-2H3;1H2/t2*12-,13+,14-,15-,16-,18-,19-;/m00./s1. The van der Waals surface area contributed by atoms with Crippen molar-refractivity contribution >= 4 is 11.6 Å². The minimum atomic E-state index is -0.0541. The molecule has 8 rings (SSSR count). The SMILES string of the molecule is C[C@]12CC[C@@H](O)C[C@@H]1CC[C@@H]1[C@@H]2CC[C@]2(C)C(=O)CC[C@@H]12.C[C@]12CC[C@@H](O)C[C@@H]1CC[C@@H]1[C@@H]2CC[C@]2(C)C(=O)CC[C@@H]12.O. The van der Waals surface area contributed by atoms with E-state index in [0.717, 1.165) is 99.7 Å². The largest absolute Gasteiger partial charge is 0.412 e. The first-order valence-corrected chi connectivity index (χ1v) is 18.3. The van der Waals surface area contributed by atoms with Crippen molar-refractivity contribution in [1.29, 1.82) is 0 Å². The van der Waals surface area contributed by atoms with Crippen molar-refractivity contribution in [2.75, 3.05) is 0 Å². The molecule has 5 nitrogen and oxygen atoms in total. The fraction of sp³-hybridized carbons (Fsp3) is 0.947. The highest BCUT2D eigenvalue weighted by atomic mass is 16.3. The van der Waals surface area contributed by atoms with Gasteiger partial charge in [0.2, 0.25) is 0 Å². The number of hydrogen-bond donors (Lipinski definition) is 2. The predicted molar refractivity (Wildman–Crippen MR) is 169 cm³/mol. The predicted octanol–water partition coefficient (Wildman–Crippen LogP) is 7.09. The van der Waals surface area contributed by atoms with Gasteiger partial charge in [0.25, 0.3) is 0 Å². The first kappa shape index (κ1) is 32.2. The van der Waals surface area contributed by atoms with Crippen LogP contribution in [-0.4, -0.2) is 39.5 Å². The Morgan fingerprint density at radius 1 is 0.512 bits per heavy atom. The third-order valence-corrected chi connectivity index (χ3v) is 16.7. The molecule has 0 saturated heterocycles. The summed E-state index contributed by atoms with van der Waals surface area (Å²) in [6, 6.07) is 0. The van der Waals surface area contributed by atoms with Crippen LogP contribution in [0.25, 0.3) is 0 Å². The average molecular weight is 599 g/mol. The van der Waals surface area contributed by atoms with Crippen LogP contribution < -0.4 is 0 Å². The Bertz CT molecular complexity index is 1000. The summed E-state index contributed by atoms with van der Waals surface area (Å²) in [4.78, 5) is 24.8. The Kier molecular flexibility index (Phi) is 8.37. The van der Waals surface area contributed by atoms with Gasteiger partial charge < -0.3 is 15.7 Å². The van der Waals surface area contributed by atoms with Gasteiger partial charge in [0.1, 0.15) is 11.6 Å². The third kappa shape index (κ3) is 4.78. The number of hydrogen-bond acceptors (Lipinski definition) is 4. The molecule has 0 bridgehead atoms. The molecule has 8 aliphatic carbocycles. The molecule has 8 aliphatic rings. The van der Waals surface area contributed by atoms with E-state index in [1.165, 1.54) is 51.4 Å². The van der Waals surface area contributed by atoms with Crippen molar-refractivity contribution in [2.24, 2.45) is 69.0 Å². The van der Waals surface area contributed by atoms with Gasteiger partial charge in [-0.25, -0.2) is 0 Å². The van der Waals surface area contributed by atoms with Crippen LogP contribution in [0.1, 0.15) is 143 Å². The van der Waals surface area contributed by atoms with Gasteiger partial charge in [-0.1, -0.05) is 27.7 Å². The summed E-state index contributed by atoms with van der Waals surface area (Å²) < 4.78 is 0. The highest BCUT2D eigenvalue weighted by molar-refractivity contribution is 5.87. The van der Waals surface area contributed by atoms with Crippen LogP contribution in [0.3, 0.4) is 0 Å². The van der Waals surface area contributed by atoms with Crippen LogP contribution in [0, 0.1) is 69.0 Å². The van der Waals surface area contributed by atoms with E-state index < -0.39 is 0 Å². The molecule has 0 aromatic heterocycles. The number of fused-ring (bicyclic) bond motifs is 10. The van der Waals surface area contributed by atoms with Crippen molar-refractivity contribution in [3.63, 3.8) is 0 Å². The van der Waals surface area contributed by atoms with Gasteiger partial charge >= 0.3 is 0 Å². The normalized spacial score (nSPS) is 55.2. The highest BCUT2D eigenvalue weighted by Crippen LogP contribution is 2.67. The second-order valence-electron chi connectivity index (χ2n) is 18.0. The van der Waals surface area contributed by atoms with E-state index in [-0.39, 0.29) is 28.5 Å². The zero-order valence-corrected chi connectivity index (χ0v) is 27.7. The molecule has 0 amide bonds. The lowest BCUT2D eigenvalue weighted by atomic mass is 9.45. The van der Waals surface area contributed by atoms with E-state index in [1.54, 1.807) is 0 Å². The van der Waals surface area contributed by atoms with Crippen LogP contribution >= 0.6 is 0 Å². The molecule has 0 spiro atoms. The Morgan fingerprint density at radius 3 is 1.30 bits per heavy atom. The van der Waals surface area contributed by atoms with Gasteiger partial charge in [-0.3, -0.25) is 9.59 Å². The summed E-state index contributed by atoms with van der Waals surface area (Å²) in [6.45, 7) is 9.56. The van der Waals surface area contributed by atoms with Crippen molar-refractivity contribution in [1.82, 2.24) is 0 Å². The Labute approximate surface area is 261 Å². The van der Waals surface area contributed by atoms with E-state index in [4.69, 9.17) is 0 Å². The molecule has 0 aromatic rings. The molecule has 8 fully saturated rings. The maximum Gasteiger partial charge on any atom is 0.139 e. The molecule has 8 saturated carbocycles. The summed E-state index contributed by atoms with van der Waals surface area (Å²) in [5, 5.41) is 20.1. The minimum Gasteiger partial charge on any atom is -0.412 e. The molecule has 0 aromatic carbocycles. The second kappa shape index (κ2) is 11.2. The molecule has 244 valence electrons. The lowest BCUT2D eigenvalue weighted by molar-refractivity contribution is -0.142. The van der Waals surface area contributed by atoms with E-state index in [2.05, 4.69) is 27.7 Å². The molecule has 0 radical (unpaired) electrons. The molecule has 14 atom stereocenters. The van der Waals surface area contributed by atoms with Gasteiger partial charge in [-0.15, -0.1) is 0 Å². The molecule has 0 aliphatic heterocycles. The number of ketones is 2. The fourth-order valence-electron chi connectivity index (χ4n) is 14.0. The van der Waals surface area contributed by atoms with Crippen LogP contribution in [0.5, 0.6) is 0 Å². The monoisotopic (exact) mass is 598 g/mol. The summed E-state index contributed by atoms with van der Waals surface area (Å²) in [7, 11) is 0. The zero-order chi connectivity index (χ0) is 29.7. The average Bonchev–Trinajstić information content (AvgIpc) is 3.44. The number of carbonyl (C=O) groups excluding carboxylic acids is 2. The lowest BCUT2D eigenvalue weighted by Gasteiger charge is -2.60. The number of Topliss-reactive ketones (excluding diaryl/α,β-unsaturated/α-hetero) is 2. The number of rotatable bonds is 0. The molecular formula is C38H62O5. The van der Waals surface area contributed by atoms with Gasteiger partial charge in [0.15, 0.2) is 0 Å². The van der Waals surface area contributed by atoms with Gasteiger partial charge in [0.05, 0.1) is 12.2 Å². The van der Waals surface area contributed by atoms with E-state index >= 15 is 0 Å². The summed E-state index contributed by atoms with van der Waals surface area (Å²) in [5.41, 5.74) is 0.904. The van der Waals surface area contributed by atoms with Crippen LogP contribution in [-0.2, 0) is 9.59 Å². The first-order valence-electron chi connectivity index (χ1n) is 18.3. The van der Waals surface area contributed by atoms with E-state index in [0.29, 0.717) is 34.2 Å². The summed E-state index contributed by atoms with van der Waals surface area (Å²) in [6.07, 6.45) is 20.3. The second-order valence-corrected chi connectivity index (χ2v) is 18.0. The lowest BCUT2D eigenvalue weighted by Crippen LogP contribution is -2.54. The van der Waals surface area contributed by atoms with Crippen LogP contribution in [0.2, 0.25) is 0 Å². The third-order valence-electron chi connectivity index (χ3n) is 16.7. The molecule has 5 heteroatoms. The quantitative estimate of drug-likeness (QED) is 0.310. The van der Waals surface area contributed by atoms with E-state index in [1.807, 2.05) is 0 Å². The maximum atomic E-state index is 12.4. The van der Waals surface area contributed by atoms with Gasteiger partial charge in [-0.05, 0) is 161 Å². The first-order chi connectivity index (χ1) is 19.9. The Balaban J connectivity index is 0.000000150. The Hall–Kier alpha value is -0.780. The van der Waals surface area contributed by atoms with Crippen molar-refractivity contribution in [3.05, 3.63) is 0 Å². The van der Waals surface area contributed by atoms with Gasteiger partial charge in [0, 0.05) is 23.7 Å². The van der Waals surface area contributed by atoms with Crippen molar-refractivity contribution in [2.45, 2.75) is 155 Å². The fourth-order valence-corrected chi connectivity index (χ4v) is 14.0. The molecular weight excluding hydrogens is 536 g/mol. The molecule has 43 heavy (non-hydrogen) atoms. The van der Waals surface area contributed by atoms with E-state index in [9.17, 15) is 19.8 Å².